The van der Waals surface area contributed by atoms with Gasteiger partial charge in [-0.3, -0.25) is 4.90 Å². The van der Waals surface area contributed by atoms with Crippen molar-refractivity contribution in [3.63, 3.8) is 0 Å². The van der Waals surface area contributed by atoms with Crippen molar-refractivity contribution in [3.05, 3.63) is 35.9 Å². The molecule has 1 unspecified atom stereocenters. The summed E-state index contributed by atoms with van der Waals surface area (Å²) in [7, 11) is 0. The van der Waals surface area contributed by atoms with Crippen LogP contribution in [0.25, 0.3) is 0 Å². The van der Waals surface area contributed by atoms with Crippen molar-refractivity contribution < 1.29 is 5.11 Å². The molecule has 3 nitrogen and oxygen atoms in total. The summed E-state index contributed by atoms with van der Waals surface area (Å²) in [4.78, 5) is 2.36. The molecule has 0 saturated carbocycles. The van der Waals surface area contributed by atoms with Gasteiger partial charge in [-0.1, -0.05) is 30.3 Å². The standard InChI is InChI=1S/C12H18N2O/c13-12(9-15)11-7-14(8-11)6-10-4-2-1-3-5-10/h1-5,11-12,15H,6-9,13H2. The molecule has 1 aliphatic heterocycles. The van der Waals surface area contributed by atoms with Gasteiger partial charge in [-0.2, -0.15) is 0 Å². The summed E-state index contributed by atoms with van der Waals surface area (Å²) < 4.78 is 0. The summed E-state index contributed by atoms with van der Waals surface area (Å²) in [6.07, 6.45) is 0. The fraction of sp³-hybridized carbons (Fsp3) is 0.500. The molecule has 0 aromatic heterocycles. The molecule has 0 radical (unpaired) electrons. The summed E-state index contributed by atoms with van der Waals surface area (Å²) in [6.45, 7) is 3.12. The fourth-order valence-electron chi connectivity index (χ4n) is 2.00. The molecule has 0 amide bonds. The van der Waals surface area contributed by atoms with E-state index in [4.69, 9.17) is 10.8 Å². The Morgan fingerprint density at radius 1 is 1.33 bits per heavy atom. The zero-order valence-electron chi connectivity index (χ0n) is 8.84. The SMILES string of the molecule is NC(CO)C1CN(Cc2ccccc2)C1. The maximum absolute atomic E-state index is 8.90. The maximum atomic E-state index is 8.90. The summed E-state index contributed by atoms with van der Waals surface area (Å²) in [5, 5.41) is 8.90. The van der Waals surface area contributed by atoms with Crippen molar-refractivity contribution in [1.82, 2.24) is 4.90 Å². The van der Waals surface area contributed by atoms with Crippen LogP contribution in [-0.2, 0) is 6.54 Å². The van der Waals surface area contributed by atoms with Gasteiger partial charge in [0, 0.05) is 31.6 Å². The zero-order valence-corrected chi connectivity index (χ0v) is 8.84. The van der Waals surface area contributed by atoms with E-state index < -0.39 is 0 Å². The molecule has 1 aromatic carbocycles. The van der Waals surface area contributed by atoms with Crippen LogP contribution in [0, 0.1) is 5.92 Å². The van der Waals surface area contributed by atoms with E-state index in [1.165, 1.54) is 5.56 Å². The van der Waals surface area contributed by atoms with Gasteiger partial charge in [0.25, 0.3) is 0 Å². The molecule has 2 rings (SSSR count). The normalized spacial score (nSPS) is 19.9. The average Bonchev–Trinajstić information content (AvgIpc) is 2.23. The highest BCUT2D eigenvalue weighted by atomic mass is 16.3. The van der Waals surface area contributed by atoms with Gasteiger partial charge in [0.1, 0.15) is 0 Å². The Kier molecular flexibility index (Phi) is 3.36. The second kappa shape index (κ2) is 4.75. The van der Waals surface area contributed by atoms with Crippen molar-refractivity contribution in [2.75, 3.05) is 19.7 Å². The number of aliphatic hydroxyl groups excluding tert-OH is 1. The Labute approximate surface area is 90.5 Å². The zero-order chi connectivity index (χ0) is 10.7. The number of nitrogens with zero attached hydrogens (tertiary/aromatic N) is 1. The largest absolute Gasteiger partial charge is 0.395 e. The Morgan fingerprint density at radius 2 is 2.00 bits per heavy atom. The smallest absolute Gasteiger partial charge is 0.0586 e. The third kappa shape index (κ3) is 2.56. The van der Waals surface area contributed by atoms with Crippen LogP contribution < -0.4 is 5.73 Å². The first kappa shape index (κ1) is 10.6. The van der Waals surface area contributed by atoms with Crippen LogP contribution in [0.2, 0.25) is 0 Å². The number of likely N-dealkylation sites (tertiary alicyclic amines) is 1. The van der Waals surface area contributed by atoms with Crippen molar-refractivity contribution in [2.24, 2.45) is 11.7 Å². The van der Waals surface area contributed by atoms with Gasteiger partial charge in [0.2, 0.25) is 0 Å². The molecule has 1 aromatic rings. The van der Waals surface area contributed by atoms with E-state index in [9.17, 15) is 0 Å². The van der Waals surface area contributed by atoms with Crippen molar-refractivity contribution in [3.8, 4) is 0 Å². The van der Waals surface area contributed by atoms with Gasteiger partial charge in [0.15, 0.2) is 0 Å². The number of hydrogen-bond acceptors (Lipinski definition) is 3. The van der Waals surface area contributed by atoms with Crippen LogP contribution in [0.4, 0.5) is 0 Å². The van der Waals surface area contributed by atoms with Gasteiger partial charge >= 0.3 is 0 Å². The second-order valence-electron chi connectivity index (χ2n) is 4.29. The summed E-state index contributed by atoms with van der Waals surface area (Å²) >= 11 is 0. The van der Waals surface area contributed by atoms with E-state index in [2.05, 4.69) is 29.2 Å². The lowest BCUT2D eigenvalue weighted by molar-refractivity contribution is 0.0569. The molecule has 0 bridgehead atoms. The van der Waals surface area contributed by atoms with Crippen LogP contribution >= 0.6 is 0 Å². The highest BCUT2D eigenvalue weighted by molar-refractivity contribution is 5.15. The van der Waals surface area contributed by atoms with E-state index >= 15 is 0 Å². The van der Waals surface area contributed by atoms with Crippen LogP contribution in [0.5, 0.6) is 0 Å². The average molecular weight is 206 g/mol. The minimum Gasteiger partial charge on any atom is -0.395 e. The molecule has 15 heavy (non-hydrogen) atoms. The number of nitrogens with two attached hydrogens (primary N) is 1. The van der Waals surface area contributed by atoms with Gasteiger partial charge in [-0.25, -0.2) is 0 Å². The minimum absolute atomic E-state index is 0.0444. The number of hydrogen-bond donors (Lipinski definition) is 2. The topological polar surface area (TPSA) is 49.5 Å². The lowest BCUT2D eigenvalue weighted by Crippen LogP contribution is -2.54. The third-order valence-electron chi connectivity index (χ3n) is 3.05. The first-order chi connectivity index (χ1) is 7.29. The van der Waals surface area contributed by atoms with Crippen LogP contribution in [0.3, 0.4) is 0 Å². The third-order valence-corrected chi connectivity index (χ3v) is 3.05. The molecule has 1 atom stereocenters. The van der Waals surface area contributed by atoms with E-state index in [1.807, 2.05) is 6.07 Å². The molecule has 1 saturated heterocycles. The Morgan fingerprint density at radius 3 is 2.60 bits per heavy atom. The predicted molar refractivity (Wildman–Crippen MR) is 60.3 cm³/mol. The number of benzene rings is 1. The monoisotopic (exact) mass is 206 g/mol. The van der Waals surface area contributed by atoms with E-state index in [0.29, 0.717) is 5.92 Å². The molecule has 3 heteroatoms. The van der Waals surface area contributed by atoms with Crippen molar-refractivity contribution >= 4 is 0 Å². The number of aliphatic hydroxyl groups is 1. The molecular weight excluding hydrogens is 188 g/mol. The van der Waals surface area contributed by atoms with Crippen molar-refractivity contribution in [2.45, 2.75) is 12.6 Å². The Bertz CT molecular complexity index is 296. The first-order valence-electron chi connectivity index (χ1n) is 5.42. The van der Waals surface area contributed by atoms with Crippen LogP contribution in [0.1, 0.15) is 5.56 Å². The highest BCUT2D eigenvalue weighted by Crippen LogP contribution is 2.20. The van der Waals surface area contributed by atoms with Gasteiger partial charge in [-0.05, 0) is 5.56 Å². The molecule has 1 fully saturated rings. The molecule has 82 valence electrons. The second-order valence-corrected chi connectivity index (χ2v) is 4.29. The summed E-state index contributed by atoms with van der Waals surface area (Å²) in [5.74, 6) is 0.471. The molecule has 1 heterocycles. The van der Waals surface area contributed by atoms with E-state index in [-0.39, 0.29) is 12.6 Å². The Hall–Kier alpha value is -0.900. The van der Waals surface area contributed by atoms with Crippen LogP contribution in [-0.4, -0.2) is 35.7 Å². The highest BCUT2D eigenvalue weighted by Gasteiger charge is 2.30. The molecule has 3 N–H and O–H groups in total. The van der Waals surface area contributed by atoms with Crippen molar-refractivity contribution in [1.29, 1.82) is 0 Å². The quantitative estimate of drug-likeness (QED) is 0.751. The van der Waals surface area contributed by atoms with Gasteiger partial charge in [-0.15, -0.1) is 0 Å². The fourth-order valence-corrected chi connectivity index (χ4v) is 2.00. The summed E-state index contributed by atoms with van der Waals surface area (Å²) in [5.41, 5.74) is 7.10. The maximum Gasteiger partial charge on any atom is 0.0586 e. The summed E-state index contributed by atoms with van der Waals surface area (Å²) in [6, 6.07) is 10.4. The molecule has 0 spiro atoms. The lowest BCUT2D eigenvalue weighted by Gasteiger charge is -2.41. The van der Waals surface area contributed by atoms with Crippen LogP contribution in [0.15, 0.2) is 30.3 Å². The van der Waals surface area contributed by atoms with E-state index in [1.54, 1.807) is 0 Å². The molecule has 0 aliphatic carbocycles. The first-order valence-corrected chi connectivity index (χ1v) is 5.42. The number of rotatable bonds is 4. The predicted octanol–water partition coefficient (Wildman–Crippen LogP) is 0.438. The minimum atomic E-state index is -0.0444. The van der Waals surface area contributed by atoms with Gasteiger partial charge in [0.05, 0.1) is 6.61 Å². The van der Waals surface area contributed by atoms with Gasteiger partial charge < -0.3 is 10.8 Å². The Balaban J connectivity index is 1.77. The van der Waals surface area contributed by atoms with E-state index in [0.717, 1.165) is 19.6 Å². The molecule has 1 aliphatic rings. The molecular formula is C12H18N2O. The lowest BCUT2D eigenvalue weighted by atomic mass is 9.92.